The number of nitrogens with one attached hydrogen (secondary N) is 2. The second kappa shape index (κ2) is 30.6. The second-order valence-electron chi connectivity index (χ2n) is 21.5. The minimum Gasteiger partial charge on any atom is -0.494 e. The Bertz CT molecular complexity index is 3880. The number of ether oxygens (including phenoxy) is 2. The number of amides is 2. The van der Waals surface area contributed by atoms with E-state index in [9.17, 15) is 46.2 Å². The predicted molar refractivity (Wildman–Crippen MR) is 350 cm³/mol. The van der Waals surface area contributed by atoms with Gasteiger partial charge in [0.2, 0.25) is 16.4 Å². The third-order valence-electron chi connectivity index (χ3n) is 15.4. The van der Waals surface area contributed by atoms with Gasteiger partial charge in [-0.15, -0.1) is 0 Å². The van der Waals surface area contributed by atoms with Crippen molar-refractivity contribution in [2.75, 3.05) is 118 Å². The topological polar surface area (TPSA) is 343 Å². The van der Waals surface area contributed by atoms with Gasteiger partial charge in [0.05, 0.1) is 72.4 Å². The first kappa shape index (κ1) is 69.3. The van der Waals surface area contributed by atoms with E-state index in [4.69, 9.17) is 28.6 Å². The number of carbonyl (C=O) groups excluding carboxylic acids is 4. The molecule has 8 N–H and O–H groups in total. The summed E-state index contributed by atoms with van der Waals surface area (Å²) >= 11 is 0. The second-order valence-corrected chi connectivity index (χ2v) is 25.3. The first-order valence-electron chi connectivity index (χ1n) is 28.5. The molecule has 0 radical (unpaired) electrons. The van der Waals surface area contributed by atoms with Gasteiger partial charge < -0.3 is 54.7 Å². The lowest BCUT2D eigenvalue weighted by molar-refractivity contribution is -0.120. The smallest absolute Gasteiger partial charge is 0.337 e. The van der Waals surface area contributed by atoms with Crippen LogP contribution in [0.1, 0.15) is 49.9 Å². The summed E-state index contributed by atoms with van der Waals surface area (Å²) in [4.78, 5) is 78.0. The van der Waals surface area contributed by atoms with Crippen LogP contribution in [0.25, 0.3) is 21.8 Å². The molecular formula is C64H74N10O15S2. The number of anilines is 2. The summed E-state index contributed by atoms with van der Waals surface area (Å²) in [5, 5.41) is 23.4. The van der Waals surface area contributed by atoms with E-state index in [0.29, 0.717) is 76.1 Å². The number of carbonyl (C=O) groups is 4. The van der Waals surface area contributed by atoms with E-state index >= 15 is 0 Å². The SMILES string of the molecule is CC(S(=O)(=O)O)S(=O)(=O)O.COC(=O)c1ccc2c(C(=Nc3ccc(N(C)C(=O)CN4CCN(C)CC4)cc3)c3ccccc3)c(O)[nH]c2c1.COC(=O)c1ccc2c(C(=Nc3ccc(N(C)C(=O)CN4CCN(C)CC4)cc3)c3ccccc3)c(O)[nH]c2c1.O. The molecule has 0 saturated carbocycles. The first-order chi connectivity index (χ1) is 42.8. The highest BCUT2D eigenvalue weighted by Crippen LogP contribution is 2.35. The van der Waals surface area contributed by atoms with Crippen LogP contribution < -0.4 is 9.80 Å². The van der Waals surface area contributed by atoms with Crippen LogP contribution in [-0.4, -0.2) is 219 Å². The molecule has 482 valence electrons. The van der Waals surface area contributed by atoms with Crippen LogP contribution in [0.15, 0.2) is 156 Å². The molecular weight excluding hydrogens is 1210 g/mol. The molecule has 2 aromatic heterocycles. The van der Waals surface area contributed by atoms with Crippen LogP contribution in [0.5, 0.6) is 11.8 Å². The normalized spacial score (nSPS) is 14.6. The molecule has 0 aliphatic carbocycles. The summed E-state index contributed by atoms with van der Waals surface area (Å²) in [5.74, 6) is -0.930. The number of esters is 2. The summed E-state index contributed by atoms with van der Waals surface area (Å²) < 4.78 is 63.6. The number of aromatic nitrogens is 2. The maximum atomic E-state index is 12.9. The minimum atomic E-state index is -4.70. The molecule has 2 saturated heterocycles. The van der Waals surface area contributed by atoms with Crippen molar-refractivity contribution >= 4 is 100.0 Å². The van der Waals surface area contributed by atoms with Crippen LogP contribution in [0, 0.1) is 0 Å². The fourth-order valence-electron chi connectivity index (χ4n) is 9.87. The van der Waals surface area contributed by atoms with E-state index in [0.717, 1.165) is 85.6 Å². The average molecular weight is 1290 g/mol. The zero-order valence-electron chi connectivity index (χ0n) is 51.3. The number of aromatic hydroxyl groups is 2. The molecule has 8 aromatic rings. The van der Waals surface area contributed by atoms with Gasteiger partial charge in [0, 0.05) is 111 Å². The van der Waals surface area contributed by atoms with E-state index < -0.39 is 36.8 Å². The highest BCUT2D eigenvalue weighted by molar-refractivity contribution is 8.03. The van der Waals surface area contributed by atoms with Crippen LogP contribution in [0.2, 0.25) is 0 Å². The van der Waals surface area contributed by atoms with E-state index in [2.05, 4.69) is 43.7 Å². The number of fused-ring (bicyclic) bond motifs is 2. The largest absolute Gasteiger partial charge is 0.494 e. The number of aliphatic imine (C=N–C) groups is 2. The zero-order valence-corrected chi connectivity index (χ0v) is 52.9. The van der Waals surface area contributed by atoms with Gasteiger partial charge in [0.1, 0.15) is 0 Å². The van der Waals surface area contributed by atoms with Gasteiger partial charge in [-0.3, -0.25) is 28.5 Å². The third kappa shape index (κ3) is 17.6. The standard InChI is InChI=1S/2C31H33N5O4.C2H6O6S2.H2O/c2*1-34-15-17-36(18-16-34)20-27(37)35(2)24-12-10-23(11-13-24)32-29(21-7-5-4-6-8-21)28-25-14-9-22(31(39)40-3)19-26(25)33-30(28)38;1-2(9(3,4)5)10(6,7)8;/h2*4-14,19,33,38H,15-18,20H2,1-3H3;2H,1H3,(H,3,4,5)(H,6,7,8);1H2. The van der Waals surface area contributed by atoms with Crippen molar-refractivity contribution in [3.8, 4) is 11.8 Å². The number of benzene rings is 6. The van der Waals surface area contributed by atoms with E-state index in [-0.39, 0.29) is 29.1 Å². The van der Waals surface area contributed by atoms with Gasteiger partial charge in [-0.1, -0.05) is 72.8 Å². The van der Waals surface area contributed by atoms with Gasteiger partial charge in [-0.2, -0.15) is 16.8 Å². The number of rotatable bonds is 16. The monoisotopic (exact) mass is 1290 g/mol. The lowest BCUT2D eigenvalue weighted by atomic mass is 10.00. The third-order valence-corrected chi connectivity index (χ3v) is 18.6. The molecule has 25 nitrogen and oxygen atoms in total. The van der Waals surface area contributed by atoms with Crippen LogP contribution >= 0.6 is 0 Å². The quantitative estimate of drug-likeness (QED) is 0.0348. The lowest BCUT2D eigenvalue weighted by Crippen LogP contribution is -2.48. The summed E-state index contributed by atoms with van der Waals surface area (Å²) in [7, 11) is 1.04. The Morgan fingerprint density at radius 1 is 0.516 bits per heavy atom. The number of likely N-dealkylation sites (N-methyl/N-ethyl adjacent to an activating group) is 4. The summed E-state index contributed by atoms with van der Waals surface area (Å²) in [5.41, 5.74) is 8.68. The molecule has 0 bridgehead atoms. The lowest BCUT2D eigenvalue weighted by Gasteiger charge is -2.32. The maximum absolute atomic E-state index is 12.9. The molecule has 0 unspecified atom stereocenters. The highest BCUT2D eigenvalue weighted by Gasteiger charge is 2.30. The van der Waals surface area contributed by atoms with Crippen molar-refractivity contribution in [2.45, 2.75) is 11.5 Å². The molecule has 2 aliphatic rings. The summed E-state index contributed by atoms with van der Waals surface area (Å²) in [6.07, 6.45) is 0. The molecule has 4 heterocycles. The fourth-order valence-corrected chi connectivity index (χ4v) is 11.1. The fraction of sp³-hybridized carbons (Fsp3) is 0.281. The van der Waals surface area contributed by atoms with Crippen molar-refractivity contribution in [2.24, 2.45) is 9.98 Å². The van der Waals surface area contributed by atoms with Gasteiger partial charge in [-0.05, 0) is 93.8 Å². The molecule has 91 heavy (non-hydrogen) atoms. The van der Waals surface area contributed by atoms with Gasteiger partial charge in [0.15, 0.2) is 11.8 Å². The van der Waals surface area contributed by atoms with Gasteiger partial charge in [0.25, 0.3) is 20.2 Å². The van der Waals surface area contributed by atoms with Crippen molar-refractivity contribution in [3.05, 3.63) is 179 Å². The van der Waals surface area contributed by atoms with Gasteiger partial charge >= 0.3 is 11.9 Å². The number of piperazine rings is 2. The minimum absolute atomic E-state index is 0. The van der Waals surface area contributed by atoms with E-state index in [1.165, 1.54) is 14.2 Å². The Morgan fingerprint density at radius 3 is 1.14 bits per heavy atom. The van der Waals surface area contributed by atoms with Crippen molar-refractivity contribution in [3.63, 3.8) is 0 Å². The molecule has 0 atom stereocenters. The predicted octanol–water partition coefficient (Wildman–Crippen LogP) is 6.36. The summed E-state index contributed by atoms with van der Waals surface area (Å²) in [6, 6.07) is 44.3. The molecule has 0 spiro atoms. The van der Waals surface area contributed by atoms with E-state index in [1.807, 2.05) is 109 Å². The van der Waals surface area contributed by atoms with Crippen LogP contribution in [0.4, 0.5) is 22.7 Å². The number of H-pyrrole nitrogens is 2. The molecule has 27 heteroatoms. The van der Waals surface area contributed by atoms with Crippen molar-refractivity contribution in [1.29, 1.82) is 0 Å². The number of hydrogen-bond acceptors (Lipinski definition) is 18. The van der Waals surface area contributed by atoms with Crippen LogP contribution in [-0.2, 0) is 39.3 Å². The number of aromatic amines is 2. The Balaban J connectivity index is 0.000000223. The first-order valence-corrected chi connectivity index (χ1v) is 31.5. The Morgan fingerprint density at radius 2 is 0.846 bits per heavy atom. The van der Waals surface area contributed by atoms with E-state index in [1.54, 1.807) is 60.3 Å². The molecule has 2 fully saturated rings. The Hall–Kier alpha value is -9.16. The van der Waals surface area contributed by atoms with Crippen molar-refractivity contribution < 1.29 is 70.3 Å². The van der Waals surface area contributed by atoms with Crippen molar-refractivity contribution in [1.82, 2.24) is 29.6 Å². The Labute approximate surface area is 527 Å². The maximum Gasteiger partial charge on any atom is 0.337 e. The average Bonchev–Trinajstić information content (AvgIpc) is 1.67. The molecule has 6 aromatic carbocycles. The Kier molecular flexibility index (Phi) is 23.3. The zero-order chi connectivity index (χ0) is 65.0. The molecule has 10 rings (SSSR count). The van der Waals surface area contributed by atoms with Crippen LogP contribution in [0.3, 0.4) is 0 Å². The van der Waals surface area contributed by atoms with Gasteiger partial charge in [-0.25, -0.2) is 19.6 Å². The highest BCUT2D eigenvalue weighted by atomic mass is 32.3. The number of hydrogen-bond donors (Lipinski definition) is 6. The number of methoxy groups -OCH3 is 2. The molecule has 2 amide bonds. The number of nitrogens with zero attached hydrogens (tertiary/aromatic N) is 8. The molecule has 2 aliphatic heterocycles. The summed E-state index contributed by atoms with van der Waals surface area (Å²) in [6.45, 7) is 8.83.